The molecule has 244 valence electrons. The van der Waals surface area contributed by atoms with Crippen LogP contribution in [-0.4, -0.2) is 45.0 Å². The van der Waals surface area contributed by atoms with Crippen molar-refractivity contribution in [2.45, 2.75) is 77.4 Å². The van der Waals surface area contributed by atoms with Gasteiger partial charge in [-0.05, 0) is 81.6 Å². The molecule has 45 heavy (non-hydrogen) atoms. The van der Waals surface area contributed by atoms with Crippen LogP contribution in [-0.2, 0) is 49.6 Å². The van der Waals surface area contributed by atoms with Crippen LogP contribution in [0.15, 0.2) is 53.5 Å². The van der Waals surface area contributed by atoms with Crippen molar-refractivity contribution < 1.29 is 31.3 Å². The average Bonchev–Trinajstić information content (AvgIpc) is 2.95. The van der Waals surface area contributed by atoms with Gasteiger partial charge in [0.25, 0.3) is 5.56 Å². The number of anilines is 1. The first-order valence-corrected chi connectivity index (χ1v) is 17.5. The zero-order valence-electron chi connectivity index (χ0n) is 26.9. The molecule has 0 radical (unpaired) electrons. The number of aromatic nitrogens is 1. The van der Waals surface area contributed by atoms with Crippen LogP contribution in [0.25, 0.3) is 11.1 Å². The van der Waals surface area contributed by atoms with E-state index in [1.54, 1.807) is 60.6 Å². The van der Waals surface area contributed by atoms with E-state index in [1.165, 1.54) is 48.1 Å². The number of sulfone groups is 1. The van der Waals surface area contributed by atoms with Crippen molar-refractivity contribution in [2.24, 2.45) is 7.05 Å². The fourth-order valence-corrected chi connectivity index (χ4v) is 6.19. The standard InChI is InChI=1S/C33H41FN2O7S2/c1-9-28(37)43-33(6,7)18-26-27(19-36(8)31(39)29(26)35-44(40)32(3,4)5)25-17-21(20-45(41,42)10-2)11-16-24(25)30(38)22-12-14-23(34)15-13-22/h11-17,19,35H,9-10,18,20H2,1-8H3. The van der Waals surface area contributed by atoms with Crippen molar-refractivity contribution in [3.05, 3.63) is 87.1 Å². The molecule has 1 aromatic heterocycles. The van der Waals surface area contributed by atoms with Gasteiger partial charge >= 0.3 is 5.97 Å². The number of hydrogen-bond donors (Lipinski definition) is 1. The predicted molar refractivity (Wildman–Crippen MR) is 176 cm³/mol. The van der Waals surface area contributed by atoms with E-state index in [2.05, 4.69) is 4.72 Å². The van der Waals surface area contributed by atoms with Crippen molar-refractivity contribution >= 4 is 38.3 Å². The normalized spacial score (nSPS) is 12.9. The van der Waals surface area contributed by atoms with Crippen LogP contribution in [0.4, 0.5) is 10.1 Å². The zero-order valence-corrected chi connectivity index (χ0v) is 28.6. The molecule has 12 heteroatoms. The molecule has 1 heterocycles. The van der Waals surface area contributed by atoms with Gasteiger partial charge in [0.15, 0.2) is 15.6 Å². The van der Waals surface area contributed by atoms with Crippen molar-refractivity contribution in [2.75, 3.05) is 10.5 Å². The zero-order chi connectivity index (χ0) is 33.9. The average molecular weight is 661 g/mol. The number of benzene rings is 2. The number of rotatable bonds is 12. The SMILES string of the molecule is CCC(=O)OC(C)(C)Cc1c(-c2cc(CS(=O)(=O)CC)ccc2C(=O)c2ccc(F)cc2)cn(C)c(=O)c1NS(=O)C(C)(C)C. The van der Waals surface area contributed by atoms with E-state index in [0.29, 0.717) is 22.3 Å². The number of nitrogens with one attached hydrogen (secondary N) is 1. The van der Waals surface area contributed by atoms with Crippen molar-refractivity contribution in [3.8, 4) is 11.1 Å². The van der Waals surface area contributed by atoms with Gasteiger partial charge in [-0.15, -0.1) is 0 Å². The third-order valence-corrected chi connectivity index (χ3v) is 10.2. The minimum absolute atomic E-state index is 0.00403. The summed E-state index contributed by atoms with van der Waals surface area (Å²) >= 11 is 0. The van der Waals surface area contributed by atoms with Crippen LogP contribution in [0.2, 0.25) is 0 Å². The number of carbonyl (C=O) groups is 2. The quantitative estimate of drug-likeness (QED) is 0.201. The van der Waals surface area contributed by atoms with Gasteiger partial charge in [0.05, 0.1) is 10.5 Å². The van der Waals surface area contributed by atoms with Crippen molar-refractivity contribution in [1.82, 2.24) is 4.57 Å². The van der Waals surface area contributed by atoms with Crippen molar-refractivity contribution in [3.63, 3.8) is 0 Å². The molecule has 0 saturated heterocycles. The molecule has 0 saturated carbocycles. The molecule has 0 spiro atoms. The molecule has 9 nitrogen and oxygen atoms in total. The molecule has 0 aliphatic carbocycles. The highest BCUT2D eigenvalue weighted by Crippen LogP contribution is 2.36. The Labute approximate surface area is 266 Å². The van der Waals surface area contributed by atoms with Crippen LogP contribution in [0.5, 0.6) is 0 Å². The molecule has 0 fully saturated rings. The molecule has 0 amide bonds. The number of aryl methyl sites for hydroxylation is 1. The molecule has 2 aromatic carbocycles. The summed E-state index contributed by atoms with van der Waals surface area (Å²) < 4.78 is 61.4. The number of hydrogen-bond acceptors (Lipinski definition) is 7. The highest BCUT2D eigenvalue weighted by molar-refractivity contribution is 7.90. The maximum Gasteiger partial charge on any atom is 0.306 e. The van der Waals surface area contributed by atoms with Gasteiger partial charge in [-0.25, -0.2) is 17.0 Å². The Morgan fingerprint density at radius 1 is 1.00 bits per heavy atom. The van der Waals surface area contributed by atoms with Gasteiger partial charge < -0.3 is 9.30 Å². The maximum atomic E-state index is 13.9. The van der Waals surface area contributed by atoms with Crippen molar-refractivity contribution in [1.29, 1.82) is 0 Å². The molecule has 0 bridgehead atoms. The Balaban J connectivity index is 2.44. The van der Waals surface area contributed by atoms with E-state index in [1.807, 2.05) is 0 Å². The second kappa shape index (κ2) is 13.8. The molecule has 1 N–H and O–H groups in total. The Morgan fingerprint density at radius 2 is 1.62 bits per heavy atom. The first kappa shape index (κ1) is 35.8. The summed E-state index contributed by atoms with van der Waals surface area (Å²) in [6.07, 6.45) is 1.63. The molecule has 3 aromatic rings. The lowest BCUT2D eigenvalue weighted by Gasteiger charge is -2.29. The maximum absolute atomic E-state index is 13.9. The second-order valence-corrected chi connectivity index (χ2v) is 16.8. The molecule has 1 atom stereocenters. The van der Waals surface area contributed by atoms with Crippen LogP contribution in [0.3, 0.4) is 0 Å². The van der Waals surface area contributed by atoms with E-state index < -0.39 is 54.3 Å². The number of ketones is 1. The van der Waals surface area contributed by atoms with Gasteiger partial charge in [0, 0.05) is 48.5 Å². The van der Waals surface area contributed by atoms with E-state index in [-0.39, 0.29) is 41.2 Å². The summed E-state index contributed by atoms with van der Waals surface area (Å²) in [5.41, 5.74) is 0.134. The summed E-state index contributed by atoms with van der Waals surface area (Å²) in [6.45, 7) is 11.8. The summed E-state index contributed by atoms with van der Waals surface area (Å²) in [7, 11) is -3.69. The van der Waals surface area contributed by atoms with Crippen LogP contribution in [0, 0.1) is 5.82 Å². The lowest BCUT2D eigenvalue weighted by molar-refractivity contribution is -0.155. The Kier molecular flexibility index (Phi) is 11.0. The minimum atomic E-state index is -3.46. The topological polar surface area (TPSA) is 129 Å². The highest BCUT2D eigenvalue weighted by atomic mass is 32.2. The number of halogens is 1. The van der Waals surface area contributed by atoms with E-state index in [4.69, 9.17) is 4.74 Å². The number of pyridine rings is 1. The Bertz CT molecular complexity index is 1790. The smallest absolute Gasteiger partial charge is 0.306 e. The largest absolute Gasteiger partial charge is 0.459 e. The minimum Gasteiger partial charge on any atom is -0.459 e. The van der Waals surface area contributed by atoms with Crippen LogP contribution in [0.1, 0.15) is 81.9 Å². The molecule has 1 unspecified atom stereocenters. The number of esters is 1. The van der Waals surface area contributed by atoms with Crippen LogP contribution >= 0.6 is 0 Å². The van der Waals surface area contributed by atoms with Gasteiger partial charge in [-0.3, -0.25) is 19.1 Å². The molecule has 0 aliphatic rings. The Morgan fingerprint density at radius 3 is 2.18 bits per heavy atom. The van der Waals surface area contributed by atoms with E-state index in [0.717, 1.165) is 0 Å². The highest BCUT2D eigenvalue weighted by Gasteiger charge is 2.31. The van der Waals surface area contributed by atoms with Gasteiger partial charge in [0.2, 0.25) is 0 Å². The monoisotopic (exact) mass is 660 g/mol. The van der Waals surface area contributed by atoms with E-state index in [9.17, 15) is 31.4 Å². The number of nitrogens with zero attached hydrogens (tertiary/aromatic N) is 1. The fourth-order valence-electron chi connectivity index (χ4n) is 4.59. The number of carbonyl (C=O) groups excluding carboxylic acids is 2. The molecule has 0 aliphatic heterocycles. The summed E-state index contributed by atoms with van der Waals surface area (Å²) in [4.78, 5) is 39.9. The lowest BCUT2D eigenvalue weighted by Crippen LogP contribution is -2.35. The second-order valence-electron chi connectivity index (χ2n) is 12.5. The van der Waals surface area contributed by atoms with Gasteiger partial charge in [-0.2, -0.15) is 0 Å². The molecular weight excluding hydrogens is 620 g/mol. The predicted octanol–water partition coefficient (Wildman–Crippen LogP) is 5.51. The third-order valence-electron chi connectivity index (χ3n) is 7.07. The first-order chi connectivity index (χ1) is 20.8. The third kappa shape index (κ3) is 8.97. The number of ether oxygens (including phenoxy) is 1. The van der Waals surface area contributed by atoms with E-state index >= 15 is 0 Å². The molecule has 3 rings (SSSR count). The van der Waals surface area contributed by atoms with Gasteiger partial charge in [0.1, 0.15) is 28.1 Å². The first-order valence-electron chi connectivity index (χ1n) is 14.6. The lowest BCUT2D eigenvalue weighted by atomic mass is 9.87. The van der Waals surface area contributed by atoms with Gasteiger partial charge in [-0.1, -0.05) is 26.0 Å². The Hall–Kier alpha value is -3.64. The summed E-state index contributed by atoms with van der Waals surface area (Å²) in [5.74, 6) is -1.82. The van der Waals surface area contributed by atoms with Crippen LogP contribution < -0.4 is 10.3 Å². The summed E-state index contributed by atoms with van der Waals surface area (Å²) in [5, 5.41) is 0. The molecular formula is C33H41FN2O7S2. The summed E-state index contributed by atoms with van der Waals surface area (Å²) in [6, 6.07) is 9.69. The fraction of sp³-hybridized carbons (Fsp3) is 0.424.